The van der Waals surface area contributed by atoms with E-state index in [1.165, 1.54) is 5.56 Å². The molecule has 1 heterocycles. The molecule has 4 nitrogen and oxygen atoms in total. The monoisotopic (exact) mass is 279 g/mol. The summed E-state index contributed by atoms with van der Waals surface area (Å²) in [5, 5.41) is 9.30. The van der Waals surface area contributed by atoms with Gasteiger partial charge in [0.15, 0.2) is 0 Å². The van der Waals surface area contributed by atoms with Crippen LogP contribution in [0.4, 0.5) is 5.69 Å². The second kappa shape index (κ2) is 5.10. The average Bonchev–Trinajstić information content (AvgIpc) is 2.91. The maximum Gasteiger partial charge on any atom is 0.237 e. The molecule has 106 valence electrons. The SMILES string of the molecule is Cc1cc(C)c(Oc2nc3c(cc2C#N)CCC3)cc1N. The minimum atomic E-state index is 0.379. The number of nitrogens with zero attached hydrogens (tertiary/aromatic N) is 2. The maximum atomic E-state index is 9.30. The van der Waals surface area contributed by atoms with E-state index in [1.54, 1.807) is 6.07 Å². The Balaban J connectivity index is 2.02. The summed E-state index contributed by atoms with van der Waals surface area (Å²) in [5.74, 6) is 1.03. The molecule has 1 aromatic carbocycles. The van der Waals surface area contributed by atoms with E-state index in [1.807, 2.05) is 26.0 Å². The standard InChI is InChI=1S/C17H17N3O/c1-10-6-11(2)16(8-14(10)19)21-17-13(9-18)7-12-4-3-5-15(12)20-17/h6-8H,3-5,19H2,1-2H3. The number of anilines is 1. The molecular formula is C17H17N3O. The third kappa shape index (κ3) is 2.43. The number of nitriles is 1. The Morgan fingerprint density at radius 3 is 2.76 bits per heavy atom. The van der Waals surface area contributed by atoms with Gasteiger partial charge in [0.05, 0.1) is 0 Å². The van der Waals surface area contributed by atoms with E-state index < -0.39 is 0 Å². The van der Waals surface area contributed by atoms with Crippen LogP contribution in [0.2, 0.25) is 0 Å². The van der Waals surface area contributed by atoms with Gasteiger partial charge in [0.2, 0.25) is 5.88 Å². The third-order valence-electron chi connectivity index (χ3n) is 3.91. The van der Waals surface area contributed by atoms with Gasteiger partial charge in [-0.25, -0.2) is 4.98 Å². The van der Waals surface area contributed by atoms with Crippen molar-refractivity contribution in [1.82, 2.24) is 4.98 Å². The average molecular weight is 279 g/mol. The van der Waals surface area contributed by atoms with E-state index in [2.05, 4.69) is 11.1 Å². The van der Waals surface area contributed by atoms with Gasteiger partial charge in [-0.1, -0.05) is 6.07 Å². The molecular weight excluding hydrogens is 262 g/mol. The molecule has 0 saturated carbocycles. The zero-order valence-electron chi connectivity index (χ0n) is 12.2. The topological polar surface area (TPSA) is 71.9 Å². The second-order valence-electron chi connectivity index (χ2n) is 5.49. The van der Waals surface area contributed by atoms with Gasteiger partial charge in [-0.2, -0.15) is 5.26 Å². The first-order valence-corrected chi connectivity index (χ1v) is 7.06. The van der Waals surface area contributed by atoms with Crippen LogP contribution in [0.15, 0.2) is 18.2 Å². The van der Waals surface area contributed by atoms with Crippen molar-refractivity contribution in [3.8, 4) is 17.7 Å². The Bertz CT molecular complexity index is 760. The van der Waals surface area contributed by atoms with Crippen LogP contribution < -0.4 is 10.5 Å². The molecule has 0 unspecified atom stereocenters. The molecule has 0 saturated heterocycles. The molecule has 0 aliphatic heterocycles. The van der Waals surface area contributed by atoms with Crippen molar-refractivity contribution < 1.29 is 4.74 Å². The van der Waals surface area contributed by atoms with Crippen LogP contribution in [0.1, 0.15) is 34.4 Å². The lowest BCUT2D eigenvalue weighted by Crippen LogP contribution is -1.99. The summed E-state index contributed by atoms with van der Waals surface area (Å²) >= 11 is 0. The van der Waals surface area contributed by atoms with E-state index in [0.29, 0.717) is 22.9 Å². The number of nitrogens with two attached hydrogens (primary N) is 1. The number of hydrogen-bond acceptors (Lipinski definition) is 4. The van der Waals surface area contributed by atoms with Gasteiger partial charge >= 0.3 is 0 Å². The highest BCUT2D eigenvalue weighted by atomic mass is 16.5. The van der Waals surface area contributed by atoms with Gasteiger partial charge in [0.1, 0.15) is 17.4 Å². The van der Waals surface area contributed by atoms with E-state index in [-0.39, 0.29) is 0 Å². The molecule has 1 aliphatic rings. The van der Waals surface area contributed by atoms with Crippen LogP contribution in [-0.2, 0) is 12.8 Å². The molecule has 0 fully saturated rings. The fraction of sp³-hybridized carbons (Fsp3) is 0.294. The molecule has 2 aromatic rings. The zero-order valence-corrected chi connectivity index (χ0v) is 12.2. The number of fused-ring (bicyclic) bond motifs is 1. The van der Waals surface area contributed by atoms with E-state index in [0.717, 1.165) is 36.1 Å². The molecule has 21 heavy (non-hydrogen) atoms. The van der Waals surface area contributed by atoms with Crippen LogP contribution in [0, 0.1) is 25.2 Å². The molecule has 1 aliphatic carbocycles. The van der Waals surface area contributed by atoms with Gasteiger partial charge in [-0.15, -0.1) is 0 Å². The predicted octanol–water partition coefficient (Wildman–Crippen LogP) is 3.43. The summed E-state index contributed by atoms with van der Waals surface area (Å²) in [6.07, 6.45) is 3.04. The quantitative estimate of drug-likeness (QED) is 0.855. The summed E-state index contributed by atoms with van der Waals surface area (Å²) in [7, 11) is 0. The molecule has 0 amide bonds. The number of hydrogen-bond donors (Lipinski definition) is 1. The third-order valence-corrected chi connectivity index (χ3v) is 3.91. The predicted molar refractivity (Wildman–Crippen MR) is 81.4 cm³/mol. The summed E-state index contributed by atoms with van der Waals surface area (Å²) in [6, 6.07) is 7.84. The van der Waals surface area contributed by atoms with Crippen LogP contribution in [0.3, 0.4) is 0 Å². The lowest BCUT2D eigenvalue weighted by Gasteiger charge is -2.12. The second-order valence-corrected chi connectivity index (χ2v) is 5.49. The zero-order chi connectivity index (χ0) is 15.0. The fourth-order valence-electron chi connectivity index (χ4n) is 2.67. The number of nitrogen functional groups attached to an aromatic ring is 1. The van der Waals surface area contributed by atoms with Gasteiger partial charge in [0, 0.05) is 17.4 Å². The van der Waals surface area contributed by atoms with Crippen molar-refractivity contribution in [1.29, 1.82) is 5.26 Å². The number of aromatic nitrogens is 1. The highest BCUT2D eigenvalue weighted by Gasteiger charge is 2.18. The van der Waals surface area contributed by atoms with Gasteiger partial charge < -0.3 is 10.5 Å². The van der Waals surface area contributed by atoms with Gasteiger partial charge in [0.25, 0.3) is 0 Å². The van der Waals surface area contributed by atoms with Gasteiger partial charge in [-0.3, -0.25) is 0 Å². The first-order valence-electron chi connectivity index (χ1n) is 7.06. The first-order chi connectivity index (χ1) is 10.1. The Morgan fingerprint density at radius 1 is 1.19 bits per heavy atom. The van der Waals surface area contributed by atoms with E-state index in [4.69, 9.17) is 10.5 Å². The van der Waals surface area contributed by atoms with Crippen LogP contribution in [0.25, 0.3) is 0 Å². The first kappa shape index (κ1) is 13.4. The van der Waals surface area contributed by atoms with Crippen molar-refractivity contribution in [2.75, 3.05) is 5.73 Å². The van der Waals surface area contributed by atoms with Gasteiger partial charge in [-0.05, 0) is 55.9 Å². The summed E-state index contributed by atoms with van der Waals surface area (Å²) in [6.45, 7) is 3.92. The molecule has 3 rings (SSSR count). The molecule has 0 spiro atoms. The van der Waals surface area contributed by atoms with E-state index in [9.17, 15) is 5.26 Å². The number of pyridine rings is 1. The van der Waals surface area contributed by atoms with Crippen molar-refractivity contribution in [2.24, 2.45) is 0 Å². The maximum absolute atomic E-state index is 9.30. The fourth-order valence-corrected chi connectivity index (χ4v) is 2.67. The highest BCUT2D eigenvalue weighted by Crippen LogP contribution is 2.32. The summed E-state index contributed by atoms with van der Waals surface area (Å²) < 4.78 is 5.88. The van der Waals surface area contributed by atoms with Crippen LogP contribution in [-0.4, -0.2) is 4.98 Å². The molecule has 4 heteroatoms. The molecule has 0 radical (unpaired) electrons. The van der Waals surface area contributed by atoms with Crippen molar-refractivity contribution >= 4 is 5.69 Å². The minimum absolute atomic E-state index is 0.379. The Kier molecular flexibility index (Phi) is 3.26. The molecule has 1 aromatic heterocycles. The number of benzene rings is 1. The Morgan fingerprint density at radius 2 is 2.00 bits per heavy atom. The lowest BCUT2D eigenvalue weighted by atomic mass is 10.1. The number of ether oxygens (including phenoxy) is 1. The highest BCUT2D eigenvalue weighted by molar-refractivity contribution is 5.55. The Hall–Kier alpha value is -2.54. The smallest absolute Gasteiger partial charge is 0.237 e. The summed E-state index contributed by atoms with van der Waals surface area (Å²) in [5.41, 5.74) is 11.3. The van der Waals surface area contributed by atoms with E-state index >= 15 is 0 Å². The molecule has 0 atom stereocenters. The Labute approximate surface area is 124 Å². The minimum Gasteiger partial charge on any atom is -0.437 e. The largest absolute Gasteiger partial charge is 0.437 e. The lowest BCUT2D eigenvalue weighted by molar-refractivity contribution is 0.456. The van der Waals surface area contributed by atoms with Crippen molar-refractivity contribution in [2.45, 2.75) is 33.1 Å². The van der Waals surface area contributed by atoms with Crippen molar-refractivity contribution in [3.63, 3.8) is 0 Å². The van der Waals surface area contributed by atoms with Crippen molar-refractivity contribution in [3.05, 3.63) is 46.1 Å². The summed E-state index contributed by atoms with van der Waals surface area (Å²) in [4.78, 5) is 4.53. The molecule has 0 bridgehead atoms. The normalized spacial score (nSPS) is 12.8. The van der Waals surface area contributed by atoms with Crippen LogP contribution >= 0.6 is 0 Å². The van der Waals surface area contributed by atoms with Crippen LogP contribution in [0.5, 0.6) is 11.6 Å². The molecule has 2 N–H and O–H groups in total. The number of rotatable bonds is 2. The number of aryl methyl sites for hydroxylation is 4.